The van der Waals surface area contributed by atoms with Gasteiger partial charge in [-0.3, -0.25) is 9.78 Å². The normalized spacial score (nSPS) is 11.9. The number of aromatic nitrogens is 1. The van der Waals surface area contributed by atoms with Gasteiger partial charge in [0.15, 0.2) is 0 Å². The highest BCUT2D eigenvalue weighted by molar-refractivity contribution is 5.79. The van der Waals surface area contributed by atoms with Gasteiger partial charge in [0.05, 0.1) is 12.5 Å². The molecular formula is C17H20N2O. The molecule has 0 radical (unpaired) electrons. The van der Waals surface area contributed by atoms with Gasteiger partial charge in [0.1, 0.15) is 0 Å². The molecular weight excluding hydrogens is 248 g/mol. The van der Waals surface area contributed by atoms with Crippen LogP contribution < -0.4 is 5.32 Å². The number of carbonyl (C=O) groups is 1. The quantitative estimate of drug-likeness (QED) is 0.925. The summed E-state index contributed by atoms with van der Waals surface area (Å²) in [6.45, 7) is 6.12. The summed E-state index contributed by atoms with van der Waals surface area (Å²) < 4.78 is 0. The Bertz CT molecular complexity index is 593. The predicted octanol–water partition coefficient (Wildman–Crippen LogP) is 3.12. The first kappa shape index (κ1) is 14.3. The van der Waals surface area contributed by atoms with Gasteiger partial charge in [-0.1, -0.05) is 18.2 Å². The average Bonchev–Trinajstić information content (AvgIpc) is 2.44. The van der Waals surface area contributed by atoms with Gasteiger partial charge < -0.3 is 5.32 Å². The molecule has 1 N–H and O–H groups in total. The molecule has 0 aliphatic carbocycles. The lowest BCUT2D eigenvalue weighted by molar-refractivity contribution is -0.121. The smallest absolute Gasteiger partial charge is 0.224 e. The molecule has 1 amide bonds. The van der Waals surface area contributed by atoms with Crippen molar-refractivity contribution in [2.24, 2.45) is 0 Å². The number of amides is 1. The molecule has 2 aromatic rings. The molecule has 1 aromatic carbocycles. The molecule has 2 rings (SSSR count). The van der Waals surface area contributed by atoms with E-state index >= 15 is 0 Å². The van der Waals surface area contributed by atoms with Gasteiger partial charge in [0.25, 0.3) is 0 Å². The third-order valence-corrected chi connectivity index (χ3v) is 3.52. The molecule has 0 spiro atoms. The van der Waals surface area contributed by atoms with Crippen LogP contribution in [-0.2, 0) is 11.2 Å². The van der Waals surface area contributed by atoms with Gasteiger partial charge in [-0.15, -0.1) is 0 Å². The summed E-state index contributed by atoms with van der Waals surface area (Å²) >= 11 is 0. The molecule has 0 bridgehead atoms. The monoisotopic (exact) mass is 268 g/mol. The summed E-state index contributed by atoms with van der Waals surface area (Å²) in [7, 11) is 0. The molecule has 0 aliphatic heterocycles. The molecule has 0 unspecified atom stereocenters. The number of pyridine rings is 1. The minimum Gasteiger partial charge on any atom is -0.349 e. The number of nitrogens with zero attached hydrogens (tertiary/aromatic N) is 1. The lowest BCUT2D eigenvalue weighted by Crippen LogP contribution is -2.28. The third kappa shape index (κ3) is 3.67. The van der Waals surface area contributed by atoms with Crippen molar-refractivity contribution in [1.29, 1.82) is 0 Å². The molecule has 20 heavy (non-hydrogen) atoms. The highest BCUT2D eigenvalue weighted by Crippen LogP contribution is 2.13. The number of rotatable bonds is 4. The van der Waals surface area contributed by atoms with Crippen LogP contribution in [0.2, 0.25) is 0 Å². The SMILES string of the molecule is Cc1ccc(CC(=O)N[C@@H](C)c2ccncc2)cc1C. The van der Waals surface area contributed by atoms with Crippen molar-refractivity contribution < 1.29 is 4.79 Å². The molecule has 3 nitrogen and oxygen atoms in total. The molecule has 0 saturated heterocycles. The van der Waals surface area contributed by atoms with Gasteiger partial charge in [0, 0.05) is 12.4 Å². The molecule has 0 saturated carbocycles. The van der Waals surface area contributed by atoms with Crippen molar-refractivity contribution in [3.05, 3.63) is 65.0 Å². The van der Waals surface area contributed by atoms with E-state index in [1.165, 1.54) is 11.1 Å². The Morgan fingerprint density at radius 2 is 1.85 bits per heavy atom. The zero-order chi connectivity index (χ0) is 14.5. The summed E-state index contributed by atoms with van der Waals surface area (Å²) in [5.41, 5.74) is 4.58. The second-order valence-electron chi connectivity index (χ2n) is 5.17. The second kappa shape index (κ2) is 6.33. The number of hydrogen-bond donors (Lipinski definition) is 1. The zero-order valence-corrected chi connectivity index (χ0v) is 12.2. The van der Waals surface area contributed by atoms with E-state index in [1.807, 2.05) is 25.1 Å². The Hall–Kier alpha value is -2.16. The van der Waals surface area contributed by atoms with Crippen molar-refractivity contribution in [2.75, 3.05) is 0 Å². The van der Waals surface area contributed by atoms with Crippen LogP contribution in [-0.4, -0.2) is 10.9 Å². The maximum absolute atomic E-state index is 12.1. The van der Waals surface area contributed by atoms with Crippen molar-refractivity contribution in [3.63, 3.8) is 0 Å². The molecule has 1 heterocycles. The van der Waals surface area contributed by atoms with Crippen LogP contribution in [0.3, 0.4) is 0 Å². The predicted molar refractivity (Wildman–Crippen MR) is 80.4 cm³/mol. The number of benzene rings is 1. The summed E-state index contributed by atoms with van der Waals surface area (Å²) in [6.07, 6.45) is 3.89. The molecule has 104 valence electrons. The second-order valence-corrected chi connectivity index (χ2v) is 5.17. The number of aryl methyl sites for hydroxylation is 2. The maximum atomic E-state index is 12.1. The fraction of sp³-hybridized carbons (Fsp3) is 0.294. The molecule has 0 fully saturated rings. The minimum atomic E-state index is -0.00274. The lowest BCUT2D eigenvalue weighted by Gasteiger charge is -2.14. The molecule has 0 aliphatic rings. The standard InChI is InChI=1S/C17H20N2O/c1-12-4-5-15(10-13(12)2)11-17(20)19-14(3)16-6-8-18-9-7-16/h4-10,14H,11H2,1-3H3,(H,19,20)/t14-/m0/s1. The van der Waals surface area contributed by atoms with E-state index < -0.39 is 0 Å². The summed E-state index contributed by atoms with van der Waals surface area (Å²) in [5.74, 6) is 0.0394. The summed E-state index contributed by atoms with van der Waals surface area (Å²) in [5, 5.41) is 3.01. The van der Waals surface area contributed by atoms with E-state index in [-0.39, 0.29) is 11.9 Å². The van der Waals surface area contributed by atoms with E-state index in [2.05, 4.69) is 36.3 Å². The van der Waals surface area contributed by atoms with Crippen molar-refractivity contribution in [2.45, 2.75) is 33.2 Å². The molecule has 1 atom stereocenters. The van der Waals surface area contributed by atoms with Gasteiger partial charge in [-0.25, -0.2) is 0 Å². The first-order chi connectivity index (χ1) is 9.56. The third-order valence-electron chi connectivity index (χ3n) is 3.52. The summed E-state index contributed by atoms with van der Waals surface area (Å²) in [4.78, 5) is 16.0. The number of carbonyl (C=O) groups excluding carboxylic acids is 1. The van der Waals surface area contributed by atoms with Crippen LogP contribution in [0.15, 0.2) is 42.7 Å². The van der Waals surface area contributed by atoms with Gasteiger partial charge in [0.2, 0.25) is 5.91 Å². The van der Waals surface area contributed by atoms with Crippen LogP contribution in [0.4, 0.5) is 0 Å². The Balaban J connectivity index is 1.97. The molecule has 3 heteroatoms. The van der Waals surface area contributed by atoms with Gasteiger partial charge in [-0.05, 0) is 55.2 Å². The first-order valence-electron chi connectivity index (χ1n) is 6.81. The lowest BCUT2D eigenvalue weighted by atomic mass is 10.0. The van der Waals surface area contributed by atoms with Crippen LogP contribution in [0.25, 0.3) is 0 Å². The molecule has 1 aromatic heterocycles. The maximum Gasteiger partial charge on any atom is 0.224 e. The largest absolute Gasteiger partial charge is 0.349 e. The van der Waals surface area contributed by atoms with Gasteiger partial charge in [-0.2, -0.15) is 0 Å². The Labute approximate surface area is 120 Å². The van der Waals surface area contributed by atoms with Gasteiger partial charge >= 0.3 is 0 Å². The number of hydrogen-bond acceptors (Lipinski definition) is 2. The number of nitrogens with one attached hydrogen (secondary N) is 1. The van der Waals surface area contributed by atoms with E-state index in [0.717, 1.165) is 11.1 Å². The van der Waals surface area contributed by atoms with Crippen molar-refractivity contribution in [3.8, 4) is 0 Å². The van der Waals surface area contributed by atoms with Crippen molar-refractivity contribution >= 4 is 5.91 Å². The Morgan fingerprint density at radius 3 is 2.50 bits per heavy atom. The Kier molecular flexibility index (Phi) is 4.51. The van der Waals surface area contributed by atoms with E-state index in [0.29, 0.717) is 6.42 Å². The fourth-order valence-corrected chi connectivity index (χ4v) is 2.13. The average molecular weight is 268 g/mol. The Morgan fingerprint density at radius 1 is 1.15 bits per heavy atom. The summed E-state index contributed by atoms with van der Waals surface area (Å²) in [6, 6.07) is 9.98. The highest BCUT2D eigenvalue weighted by Gasteiger charge is 2.10. The van der Waals surface area contributed by atoms with Crippen LogP contribution >= 0.6 is 0 Å². The van der Waals surface area contributed by atoms with Crippen LogP contribution in [0, 0.1) is 13.8 Å². The van der Waals surface area contributed by atoms with E-state index in [1.54, 1.807) is 12.4 Å². The first-order valence-corrected chi connectivity index (χ1v) is 6.81. The zero-order valence-electron chi connectivity index (χ0n) is 12.2. The topological polar surface area (TPSA) is 42.0 Å². The van der Waals surface area contributed by atoms with Crippen molar-refractivity contribution in [1.82, 2.24) is 10.3 Å². The minimum absolute atomic E-state index is 0.00274. The van der Waals surface area contributed by atoms with E-state index in [9.17, 15) is 4.79 Å². The fourth-order valence-electron chi connectivity index (χ4n) is 2.13. The van der Waals surface area contributed by atoms with Crippen LogP contribution in [0.5, 0.6) is 0 Å². The van der Waals surface area contributed by atoms with Crippen LogP contribution in [0.1, 0.15) is 35.2 Å². The highest BCUT2D eigenvalue weighted by atomic mass is 16.1. The van der Waals surface area contributed by atoms with E-state index in [4.69, 9.17) is 0 Å².